The first-order valence-electron chi connectivity index (χ1n) is 10.6. The molecule has 36 heavy (non-hydrogen) atoms. The molecule has 4 rings (SSSR count). The predicted octanol–water partition coefficient (Wildman–Crippen LogP) is -0.192. The summed E-state index contributed by atoms with van der Waals surface area (Å²) in [5.74, 6) is -0.701. The monoisotopic (exact) mass is 582 g/mol. The summed E-state index contributed by atoms with van der Waals surface area (Å²) in [6, 6.07) is -0.147. The van der Waals surface area contributed by atoms with Gasteiger partial charge in [0.25, 0.3) is 21.8 Å². The van der Waals surface area contributed by atoms with Crippen LogP contribution < -0.4 is 10.1 Å². The quantitative estimate of drug-likeness (QED) is 0.357. The second-order valence-electron chi connectivity index (χ2n) is 8.01. The van der Waals surface area contributed by atoms with Crippen molar-refractivity contribution in [2.75, 3.05) is 33.0 Å². The minimum absolute atomic E-state index is 0.130. The number of fused-ring (bicyclic) bond motifs is 1. The molecule has 0 radical (unpaired) electrons. The van der Waals surface area contributed by atoms with E-state index in [0.717, 1.165) is 10.3 Å². The highest BCUT2D eigenvalue weighted by Crippen LogP contribution is 2.24. The summed E-state index contributed by atoms with van der Waals surface area (Å²) < 4.78 is 37.8. The number of carbonyl (C=O) groups is 2. The van der Waals surface area contributed by atoms with Gasteiger partial charge in [-0.25, -0.2) is 13.4 Å². The van der Waals surface area contributed by atoms with Gasteiger partial charge in [-0.1, -0.05) is 12.7 Å². The van der Waals surface area contributed by atoms with E-state index in [2.05, 4.69) is 48.0 Å². The Hall–Kier alpha value is -3.37. The molecule has 0 aromatic carbocycles. The topological polar surface area (TPSA) is 163 Å². The van der Waals surface area contributed by atoms with Crippen LogP contribution in [0.5, 0.6) is 6.01 Å². The molecule has 1 N–H and O–H groups in total. The molecule has 1 saturated heterocycles. The fourth-order valence-corrected chi connectivity index (χ4v) is 4.83. The van der Waals surface area contributed by atoms with Gasteiger partial charge in [0.2, 0.25) is 6.10 Å². The zero-order chi connectivity index (χ0) is 26.2. The van der Waals surface area contributed by atoms with Crippen LogP contribution in [0.3, 0.4) is 0 Å². The molecule has 3 aromatic rings. The van der Waals surface area contributed by atoms with Crippen molar-refractivity contribution in [2.45, 2.75) is 12.2 Å². The molecule has 0 unspecified atom stereocenters. The Morgan fingerprint density at radius 3 is 2.86 bits per heavy atom. The molecule has 192 valence electrons. The maximum atomic E-state index is 12.7. The molecule has 4 heterocycles. The van der Waals surface area contributed by atoms with Gasteiger partial charge < -0.3 is 19.7 Å². The highest BCUT2D eigenvalue weighted by atomic mass is 79.9. The van der Waals surface area contributed by atoms with Crippen LogP contribution in [0, 0.1) is 0 Å². The number of hydrogen-bond donors (Lipinski definition) is 1. The van der Waals surface area contributed by atoms with Crippen molar-refractivity contribution in [3.05, 3.63) is 34.8 Å². The molecule has 1 aliphatic rings. The molecule has 16 heteroatoms. The van der Waals surface area contributed by atoms with Crippen LogP contribution in [0.25, 0.3) is 17.1 Å². The highest BCUT2D eigenvalue weighted by Gasteiger charge is 2.38. The second kappa shape index (κ2) is 9.94. The lowest BCUT2D eigenvalue weighted by molar-refractivity contribution is -0.128. The molecule has 3 aromatic heterocycles. The number of likely N-dealkylation sites (N-methyl/N-ethyl adjacent to an activating group) is 1. The summed E-state index contributed by atoms with van der Waals surface area (Å²) in [5, 5.41) is 10.8. The fraction of sp³-hybridized carbons (Fsp3) is 0.400. The van der Waals surface area contributed by atoms with Crippen LogP contribution in [0.2, 0.25) is 0 Å². The molecule has 0 spiro atoms. The molecular weight excluding hydrogens is 560 g/mol. The molecule has 0 bridgehead atoms. The highest BCUT2D eigenvalue weighted by molar-refractivity contribution is 9.10. The summed E-state index contributed by atoms with van der Waals surface area (Å²) in [6.45, 7) is 4.26. The molecule has 1 fully saturated rings. The molecule has 2 atom stereocenters. The van der Waals surface area contributed by atoms with Crippen molar-refractivity contribution in [3.63, 3.8) is 0 Å². The number of ether oxygens (including phenoxy) is 2. The largest absolute Gasteiger partial charge is 0.447 e. The standard InChI is InChI=1S/C20H23BrN8O6S/c1-5-11-10-28(3)25-14(11)19(31)27(2)6-7-34-13-9-22-18(30)16(13)35-20-23-8-12-15(24-20)17(21)26-29(12)36(4,32)33/h5,8,10,13,16H,1,6-7,9H2,2-4H3,(H,22,30)/t13-,16-/m0/s1. The van der Waals surface area contributed by atoms with Crippen LogP contribution in [0.1, 0.15) is 16.1 Å². The summed E-state index contributed by atoms with van der Waals surface area (Å²) in [6.07, 6.45) is 3.80. The van der Waals surface area contributed by atoms with E-state index in [9.17, 15) is 18.0 Å². The van der Waals surface area contributed by atoms with Crippen molar-refractivity contribution in [3.8, 4) is 6.01 Å². The Morgan fingerprint density at radius 1 is 1.42 bits per heavy atom. The Kier molecular flexibility index (Phi) is 7.10. The van der Waals surface area contributed by atoms with E-state index in [-0.39, 0.29) is 52.9 Å². The summed E-state index contributed by atoms with van der Waals surface area (Å²) in [5.41, 5.74) is 1.27. The maximum absolute atomic E-state index is 12.7. The first kappa shape index (κ1) is 25.7. The van der Waals surface area contributed by atoms with Gasteiger partial charge in [-0.15, -0.1) is 5.10 Å². The van der Waals surface area contributed by atoms with Gasteiger partial charge in [0, 0.05) is 38.9 Å². The van der Waals surface area contributed by atoms with Crippen molar-refractivity contribution < 1.29 is 27.5 Å². The van der Waals surface area contributed by atoms with E-state index in [1.54, 1.807) is 26.4 Å². The van der Waals surface area contributed by atoms with Gasteiger partial charge >= 0.3 is 6.01 Å². The second-order valence-corrected chi connectivity index (χ2v) is 10.6. The van der Waals surface area contributed by atoms with Gasteiger partial charge in [-0.3, -0.25) is 14.3 Å². The van der Waals surface area contributed by atoms with E-state index in [1.807, 2.05) is 0 Å². The Morgan fingerprint density at radius 2 is 2.17 bits per heavy atom. The van der Waals surface area contributed by atoms with Crippen LogP contribution >= 0.6 is 15.9 Å². The number of aromatic nitrogens is 6. The Bertz CT molecular complexity index is 1450. The van der Waals surface area contributed by atoms with Gasteiger partial charge in [0.1, 0.15) is 17.1 Å². The third kappa shape index (κ3) is 5.10. The first-order valence-corrected chi connectivity index (χ1v) is 13.2. The summed E-state index contributed by atoms with van der Waals surface area (Å²) in [4.78, 5) is 34.7. The van der Waals surface area contributed by atoms with Crippen LogP contribution in [0.4, 0.5) is 0 Å². The number of nitrogens with one attached hydrogen (secondary N) is 1. The minimum atomic E-state index is -3.67. The molecule has 0 aliphatic carbocycles. The predicted molar refractivity (Wildman–Crippen MR) is 131 cm³/mol. The van der Waals surface area contributed by atoms with Crippen LogP contribution in [0.15, 0.2) is 23.6 Å². The molecule has 0 saturated carbocycles. The normalized spacial score (nSPS) is 17.8. The zero-order valence-corrected chi connectivity index (χ0v) is 22.0. The molecule has 14 nitrogen and oxygen atoms in total. The number of rotatable bonds is 9. The number of nitrogens with zero attached hydrogens (tertiary/aromatic N) is 7. The lowest BCUT2D eigenvalue weighted by atomic mass is 10.2. The number of hydrogen-bond acceptors (Lipinski definition) is 10. The average molecular weight is 583 g/mol. The van der Waals surface area contributed by atoms with Crippen molar-refractivity contribution in [1.29, 1.82) is 0 Å². The first-order chi connectivity index (χ1) is 17.0. The summed E-state index contributed by atoms with van der Waals surface area (Å²) in [7, 11) is -0.334. The van der Waals surface area contributed by atoms with E-state index < -0.39 is 28.1 Å². The van der Waals surface area contributed by atoms with E-state index in [1.165, 1.54) is 15.8 Å². The van der Waals surface area contributed by atoms with E-state index in [4.69, 9.17) is 9.47 Å². The lowest BCUT2D eigenvalue weighted by Crippen LogP contribution is -2.38. The molecule has 1 aliphatic heterocycles. The average Bonchev–Trinajstić information content (AvgIpc) is 3.48. The third-order valence-electron chi connectivity index (χ3n) is 5.33. The van der Waals surface area contributed by atoms with Crippen molar-refractivity contribution in [2.24, 2.45) is 7.05 Å². The summed E-state index contributed by atoms with van der Waals surface area (Å²) >= 11 is 3.18. The number of amides is 2. The van der Waals surface area contributed by atoms with Crippen molar-refractivity contribution in [1.82, 2.24) is 39.2 Å². The molecule has 2 amide bonds. The third-order valence-corrected chi connectivity index (χ3v) is 6.77. The maximum Gasteiger partial charge on any atom is 0.318 e. The van der Waals surface area contributed by atoms with Crippen LogP contribution in [-0.4, -0.2) is 99.3 Å². The number of aryl methyl sites for hydroxylation is 1. The minimum Gasteiger partial charge on any atom is -0.447 e. The number of halogens is 1. The zero-order valence-electron chi connectivity index (χ0n) is 19.6. The van der Waals surface area contributed by atoms with Gasteiger partial charge in [0.05, 0.1) is 19.1 Å². The lowest BCUT2D eigenvalue weighted by Gasteiger charge is -2.21. The Labute approximate surface area is 214 Å². The van der Waals surface area contributed by atoms with Crippen LogP contribution in [-0.2, 0) is 26.6 Å². The van der Waals surface area contributed by atoms with Gasteiger partial charge in [-0.05, 0) is 15.9 Å². The van der Waals surface area contributed by atoms with Gasteiger partial charge in [-0.2, -0.15) is 14.2 Å². The smallest absolute Gasteiger partial charge is 0.318 e. The SMILES string of the molecule is C=Cc1cn(C)nc1C(=O)N(C)CCO[C@H]1CNC(=O)[C@H]1Oc1ncc2c(n1)c(Br)nn2S(C)(=O)=O. The fourth-order valence-electron chi connectivity index (χ4n) is 3.55. The van der Waals surface area contributed by atoms with Crippen molar-refractivity contribution >= 4 is 54.9 Å². The van der Waals surface area contributed by atoms with E-state index in [0.29, 0.717) is 5.56 Å². The number of carbonyl (C=O) groups excluding carboxylic acids is 2. The van der Waals surface area contributed by atoms with Gasteiger partial charge in [0.15, 0.2) is 10.3 Å². The Balaban J connectivity index is 1.40. The van der Waals surface area contributed by atoms with E-state index >= 15 is 0 Å². The molecular formula is C20H23BrN8O6S.